The molecule has 0 aliphatic rings. The second kappa shape index (κ2) is 5.99. The Hall–Kier alpha value is -1.58. The lowest BCUT2D eigenvalue weighted by Gasteiger charge is -2.04. The maximum Gasteiger partial charge on any atom is 0.325 e. The highest BCUT2D eigenvalue weighted by Crippen LogP contribution is 1.84. The van der Waals surface area contributed by atoms with Gasteiger partial charge in [-0.1, -0.05) is 13.2 Å². The molecule has 0 fully saturated rings. The molecule has 0 spiro atoms. The smallest absolute Gasteiger partial charge is 0.325 e. The molecule has 4 heteroatoms. The number of carbonyl (C=O) groups excluding carboxylic acids is 2. The fraction of sp³-hybridized carbons (Fsp3) is 0.333. The van der Waals surface area contributed by atoms with E-state index in [2.05, 4.69) is 23.2 Å². The van der Waals surface area contributed by atoms with Gasteiger partial charge in [0, 0.05) is 5.70 Å². The Kier molecular flexibility index (Phi) is 5.27. The molecular formula is C9H13NO3. The predicted molar refractivity (Wildman–Crippen MR) is 49.0 cm³/mol. The number of hydrogen-bond donors (Lipinski definition) is 1. The van der Waals surface area contributed by atoms with Gasteiger partial charge < -0.3 is 10.1 Å². The standard InChI is InChI=1S/C9H13NO3/c1-4-7(2)10-5-9(12)13-6-8(3)11/h4,10H,1-2,5-6H2,3H3. The average molecular weight is 183 g/mol. The number of hydrogen-bond acceptors (Lipinski definition) is 4. The minimum Gasteiger partial charge on any atom is -0.456 e. The minimum atomic E-state index is -0.488. The first-order valence-electron chi connectivity index (χ1n) is 3.76. The number of esters is 1. The fourth-order valence-electron chi connectivity index (χ4n) is 0.491. The summed E-state index contributed by atoms with van der Waals surface area (Å²) >= 11 is 0. The maximum atomic E-state index is 10.9. The highest BCUT2D eigenvalue weighted by molar-refractivity contribution is 5.80. The number of carbonyl (C=O) groups is 2. The Morgan fingerprint density at radius 3 is 2.62 bits per heavy atom. The fourth-order valence-corrected chi connectivity index (χ4v) is 0.491. The second-order valence-corrected chi connectivity index (χ2v) is 2.45. The van der Waals surface area contributed by atoms with Crippen LogP contribution >= 0.6 is 0 Å². The third-order valence-corrected chi connectivity index (χ3v) is 1.14. The van der Waals surface area contributed by atoms with Gasteiger partial charge in [0.1, 0.15) is 13.2 Å². The Morgan fingerprint density at radius 2 is 2.15 bits per heavy atom. The Morgan fingerprint density at radius 1 is 1.54 bits per heavy atom. The molecule has 0 unspecified atom stereocenters. The molecular weight excluding hydrogens is 170 g/mol. The van der Waals surface area contributed by atoms with Crippen LogP contribution in [0.3, 0.4) is 0 Å². The van der Waals surface area contributed by atoms with Crippen molar-refractivity contribution in [1.82, 2.24) is 5.32 Å². The summed E-state index contributed by atoms with van der Waals surface area (Å²) < 4.78 is 4.57. The summed E-state index contributed by atoms with van der Waals surface area (Å²) in [6.07, 6.45) is 1.48. The zero-order chi connectivity index (χ0) is 10.3. The Labute approximate surface area is 77.3 Å². The lowest BCUT2D eigenvalue weighted by Crippen LogP contribution is -2.24. The van der Waals surface area contributed by atoms with E-state index in [4.69, 9.17) is 0 Å². The predicted octanol–water partition coefficient (Wildman–Crippen LogP) is 0.408. The first kappa shape index (κ1) is 11.4. The lowest BCUT2D eigenvalue weighted by atomic mass is 10.4. The molecule has 0 saturated heterocycles. The number of ketones is 1. The largest absolute Gasteiger partial charge is 0.456 e. The van der Waals surface area contributed by atoms with E-state index in [0.717, 1.165) is 0 Å². The van der Waals surface area contributed by atoms with Crippen molar-refractivity contribution in [2.45, 2.75) is 6.92 Å². The van der Waals surface area contributed by atoms with Crippen molar-refractivity contribution >= 4 is 11.8 Å². The molecule has 0 aromatic carbocycles. The van der Waals surface area contributed by atoms with Crippen molar-refractivity contribution in [2.75, 3.05) is 13.2 Å². The van der Waals surface area contributed by atoms with Crippen LogP contribution < -0.4 is 5.32 Å². The molecule has 0 radical (unpaired) electrons. The van der Waals surface area contributed by atoms with Crippen LogP contribution in [0.2, 0.25) is 0 Å². The summed E-state index contributed by atoms with van der Waals surface area (Å²) in [5.41, 5.74) is 0.541. The molecule has 72 valence electrons. The molecule has 0 bridgehead atoms. The van der Waals surface area contributed by atoms with Crippen LogP contribution in [0, 0.1) is 0 Å². The summed E-state index contributed by atoms with van der Waals surface area (Å²) in [7, 11) is 0. The Balaban J connectivity index is 3.57. The normalized spacial score (nSPS) is 8.69. The van der Waals surface area contributed by atoms with Gasteiger partial charge in [-0.05, 0) is 13.0 Å². The summed E-state index contributed by atoms with van der Waals surface area (Å²) in [5.74, 6) is -0.672. The Bertz CT molecular complexity index is 233. The van der Waals surface area contributed by atoms with E-state index in [9.17, 15) is 9.59 Å². The van der Waals surface area contributed by atoms with Gasteiger partial charge in [0.2, 0.25) is 0 Å². The van der Waals surface area contributed by atoms with Crippen LogP contribution in [0.5, 0.6) is 0 Å². The second-order valence-electron chi connectivity index (χ2n) is 2.45. The number of Topliss-reactive ketones (excluding diaryl/α,β-unsaturated/α-hetero) is 1. The van der Waals surface area contributed by atoms with Crippen molar-refractivity contribution in [3.8, 4) is 0 Å². The molecule has 0 atom stereocenters. The van der Waals surface area contributed by atoms with Gasteiger partial charge in [0.15, 0.2) is 5.78 Å². The number of ether oxygens (including phenoxy) is 1. The van der Waals surface area contributed by atoms with E-state index in [0.29, 0.717) is 5.70 Å². The quantitative estimate of drug-likeness (QED) is 0.478. The van der Waals surface area contributed by atoms with E-state index in [1.807, 2.05) is 0 Å². The first-order chi connectivity index (χ1) is 6.06. The highest BCUT2D eigenvalue weighted by Gasteiger charge is 2.02. The minimum absolute atomic E-state index is 0.00185. The van der Waals surface area contributed by atoms with Crippen molar-refractivity contribution in [3.63, 3.8) is 0 Å². The van der Waals surface area contributed by atoms with Gasteiger partial charge >= 0.3 is 5.97 Å². The molecule has 0 aromatic rings. The lowest BCUT2D eigenvalue weighted by molar-refractivity contribution is -0.146. The van der Waals surface area contributed by atoms with Gasteiger partial charge in [0.25, 0.3) is 0 Å². The summed E-state index contributed by atoms with van der Waals surface area (Å²) in [5, 5.41) is 2.66. The molecule has 0 saturated carbocycles. The van der Waals surface area contributed by atoms with E-state index < -0.39 is 5.97 Å². The molecule has 0 amide bonds. The molecule has 1 N–H and O–H groups in total. The van der Waals surface area contributed by atoms with Gasteiger partial charge in [-0.3, -0.25) is 9.59 Å². The summed E-state index contributed by atoms with van der Waals surface area (Å²) in [4.78, 5) is 21.3. The van der Waals surface area contributed by atoms with Crippen molar-refractivity contribution in [3.05, 3.63) is 24.9 Å². The molecule has 0 aliphatic heterocycles. The van der Waals surface area contributed by atoms with E-state index >= 15 is 0 Å². The molecule has 13 heavy (non-hydrogen) atoms. The van der Waals surface area contributed by atoms with E-state index in [1.54, 1.807) is 0 Å². The highest BCUT2D eigenvalue weighted by atomic mass is 16.5. The zero-order valence-electron chi connectivity index (χ0n) is 7.63. The zero-order valence-corrected chi connectivity index (χ0v) is 7.63. The topological polar surface area (TPSA) is 55.4 Å². The van der Waals surface area contributed by atoms with Gasteiger partial charge in [-0.25, -0.2) is 0 Å². The summed E-state index contributed by atoms with van der Waals surface area (Å²) in [6, 6.07) is 0. The van der Waals surface area contributed by atoms with Gasteiger partial charge in [0.05, 0.1) is 0 Å². The van der Waals surface area contributed by atoms with Gasteiger partial charge in [-0.2, -0.15) is 0 Å². The molecule has 0 aromatic heterocycles. The van der Waals surface area contributed by atoms with Crippen molar-refractivity contribution in [2.24, 2.45) is 0 Å². The first-order valence-corrected chi connectivity index (χ1v) is 3.76. The monoisotopic (exact) mass is 183 g/mol. The van der Waals surface area contributed by atoms with E-state index in [1.165, 1.54) is 13.0 Å². The average Bonchev–Trinajstić information content (AvgIpc) is 2.10. The van der Waals surface area contributed by atoms with Crippen LogP contribution in [0.25, 0.3) is 0 Å². The van der Waals surface area contributed by atoms with Crippen LogP contribution in [0.1, 0.15) is 6.92 Å². The summed E-state index contributed by atoms with van der Waals surface area (Å²) in [6.45, 7) is 8.15. The van der Waals surface area contributed by atoms with Crippen molar-refractivity contribution < 1.29 is 14.3 Å². The van der Waals surface area contributed by atoms with Crippen LogP contribution in [0.4, 0.5) is 0 Å². The van der Waals surface area contributed by atoms with Gasteiger partial charge in [-0.15, -0.1) is 0 Å². The molecule has 0 aliphatic carbocycles. The molecule has 4 nitrogen and oxygen atoms in total. The number of nitrogens with one attached hydrogen (secondary N) is 1. The van der Waals surface area contributed by atoms with Crippen molar-refractivity contribution in [1.29, 1.82) is 0 Å². The van der Waals surface area contributed by atoms with E-state index in [-0.39, 0.29) is 18.9 Å². The van der Waals surface area contributed by atoms with Crippen LogP contribution in [-0.4, -0.2) is 24.9 Å². The SMILES string of the molecule is C=CC(=C)NCC(=O)OCC(C)=O. The molecule has 0 heterocycles. The number of allylic oxidation sites excluding steroid dienone is 1. The third-order valence-electron chi connectivity index (χ3n) is 1.14. The van der Waals surface area contributed by atoms with Crippen LogP contribution in [0.15, 0.2) is 24.9 Å². The van der Waals surface area contributed by atoms with Crippen LogP contribution in [-0.2, 0) is 14.3 Å². The molecule has 0 rings (SSSR count). The number of rotatable bonds is 6. The third kappa shape index (κ3) is 6.80. The maximum absolute atomic E-state index is 10.9.